The number of aromatic nitrogens is 4. The third-order valence-electron chi connectivity index (χ3n) is 8.29. The van der Waals surface area contributed by atoms with E-state index in [2.05, 4.69) is 30.8 Å². The van der Waals surface area contributed by atoms with Gasteiger partial charge in [0.1, 0.15) is 5.69 Å². The molecule has 1 unspecified atom stereocenters. The average molecular weight is 650 g/mol. The lowest BCUT2D eigenvalue weighted by molar-refractivity contribution is -0.122. The molecule has 1 saturated heterocycles. The number of piperidine rings is 1. The van der Waals surface area contributed by atoms with Gasteiger partial charge in [0.2, 0.25) is 11.8 Å². The molecule has 2 aromatic heterocycles. The Morgan fingerprint density at radius 2 is 1.82 bits per heavy atom. The van der Waals surface area contributed by atoms with E-state index in [-0.39, 0.29) is 17.9 Å². The van der Waals surface area contributed by atoms with Crippen LogP contribution in [0.2, 0.25) is 10.0 Å². The standard InChI is InChI=1S/C32H34Cl2N8O3/c1-41-13-12-26-25(17-41)38-30(42(26)2)31(44)39-22-9-5-7-20(29(22)34)19-6-4-8-21(28(19)33)23-15-36-24(32(40-23)45-3)16-35-18-10-11-27(43)37-14-18/h4-9,15,18,35H,10-14,16-17H2,1-3H3,(H,37,43)(H,39,44). The lowest BCUT2D eigenvalue weighted by Gasteiger charge is -2.23. The minimum atomic E-state index is -0.335. The van der Waals surface area contributed by atoms with Crippen LogP contribution in [-0.4, -0.2) is 69.5 Å². The van der Waals surface area contributed by atoms with Crippen LogP contribution in [0.25, 0.3) is 22.4 Å². The van der Waals surface area contributed by atoms with Crippen LogP contribution in [0.3, 0.4) is 0 Å². The quantitative estimate of drug-likeness (QED) is 0.256. The number of anilines is 1. The van der Waals surface area contributed by atoms with Crippen LogP contribution in [0.5, 0.6) is 5.88 Å². The molecule has 0 spiro atoms. The van der Waals surface area contributed by atoms with Crippen LogP contribution >= 0.6 is 23.2 Å². The van der Waals surface area contributed by atoms with Crippen LogP contribution in [0.1, 0.15) is 40.5 Å². The van der Waals surface area contributed by atoms with E-state index in [4.69, 9.17) is 32.9 Å². The highest BCUT2D eigenvalue weighted by atomic mass is 35.5. The maximum Gasteiger partial charge on any atom is 0.291 e. The van der Waals surface area contributed by atoms with Crippen LogP contribution < -0.4 is 20.7 Å². The Morgan fingerprint density at radius 3 is 2.58 bits per heavy atom. The zero-order chi connectivity index (χ0) is 31.7. The van der Waals surface area contributed by atoms with Crippen molar-refractivity contribution in [3.8, 4) is 28.3 Å². The summed E-state index contributed by atoms with van der Waals surface area (Å²) < 4.78 is 7.43. The maximum atomic E-state index is 13.3. The molecular weight excluding hydrogens is 615 g/mol. The summed E-state index contributed by atoms with van der Waals surface area (Å²) in [4.78, 5) is 40.9. The van der Waals surface area contributed by atoms with Crippen molar-refractivity contribution in [1.29, 1.82) is 0 Å². The predicted molar refractivity (Wildman–Crippen MR) is 174 cm³/mol. The highest BCUT2D eigenvalue weighted by Crippen LogP contribution is 2.41. The maximum absolute atomic E-state index is 13.3. The molecule has 2 amide bonds. The smallest absolute Gasteiger partial charge is 0.291 e. The molecular formula is C32H34Cl2N8O3. The van der Waals surface area contributed by atoms with Gasteiger partial charge >= 0.3 is 0 Å². The third-order valence-corrected chi connectivity index (χ3v) is 9.10. The Labute approximate surface area is 271 Å². The molecule has 4 heterocycles. The number of rotatable bonds is 8. The monoisotopic (exact) mass is 648 g/mol. The van der Waals surface area contributed by atoms with Crippen molar-refractivity contribution in [2.24, 2.45) is 7.05 Å². The van der Waals surface area contributed by atoms with Gasteiger partial charge < -0.3 is 30.2 Å². The minimum absolute atomic E-state index is 0.0717. The second-order valence-corrected chi connectivity index (χ2v) is 12.1. The topological polar surface area (TPSA) is 126 Å². The number of likely N-dealkylation sites (N-methyl/N-ethyl adjacent to an activating group) is 1. The number of benzene rings is 2. The van der Waals surface area contributed by atoms with Crippen LogP contribution in [0.4, 0.5) is 5.69 Å². The van der Waals surface area contributed by atoms with E-state index >= 15 is 0 Å². The third kappa shape index (κ3) is 6.39. The number of imidazole rings is 1. The molecule has 234 valence electrons. The number of nitrogens with one attached hydrogen (secondary N) is 3. The Bertz CT molecular complexity index is 1770. The predicted octanol–water partition coefficient (Wildman–Crippen LogP) is 4.47. The number of hydrogen-bond acceptors (Lipinski definition) is 8. The van der Waals surface area contributed by atoms with Gasteiger partial charge in [-0.2, -0.15) is 0 Å². The van der Waals surface area contributed by atoms with Gasteiger partial charge in [-0.3, -0.25) is 14.6 Å². The Kier molecular flexibility index (Phi) is 9.04. The Morgan fingerprint density at radius 1 is 1.07 bits per heavy atom. The Balaban J connectivity index is 1.23. The lowest BCUT2D eigenvalue weighted by atomic mass is 10.0. The van der Waals surface area contributed by atoms with Gasteiger partial charge in [-0.1, -0.05) is 53.5 Å². The number of amides is 2. The van der Waals surface area contributed by atoms with Gasteiger partial charge in [-0.05, 0) is 19.5 Å². The van der Waals surface area contributed by atoms with E-state index in [1.165, 1.54) is 0 Å². The van der Waals surface area contributed by atoms with Crippen molar-refractivity contribution in [1.82, 2.24) is 35.1 Å². The fourth-order valence-electron chi connectivity index (χ4n) is 5.77. The highest BCUT2D eigenvalue weighted by Gasteiger charge is 2.25. The summed E-state index contributed by atoms with van der Waals surface area (Å²) in [6, 6.07) is 11.2. The van der Waals surface area contributed by atoms with Crippen LogP contribution in [0.15, 0.2) is 42.6 Å². The lowest BCUT2D eigenvalue weighted by Crippen LogP contribution is -2.45. The van der Waals surface area contributed by atoms with Crippen LogP contribution in [0, 0.1) is 0 Å². The summed E-state index contributed by atoms with van der Waals surface area (Å²) in [5.74, 6) is 0.459. The van der Waals surface area contributed by atoms with Crippen molar-refractivity contribution < 1.29 is 14.3 Å². The normalized spacial score (nSPS) is 16.6. The molecule has 3 N–H and O–H groups in total. The van der Waals surface area contributed by atoms with Crippen molar-refractivity contribution in [3.05, 3.63) is 75.5 Å². The first-order valence-electron chi connectivity index (χ1n) is 14.8. The number of methoxy groups -OCH3 is 1. The fourth-order valence-corrected chi connectivity index (χ4v) is 6.37. The average Bonchev–Trinajstić information content (AvgIpc) is 3.37. The molecule has 13 heteroatoms. The fraction of sp³-hybridized carbons (Fsp3) is 0.344. The molecule has 0 radical (unpaired) electrons. The van der Waals surface area contributed by atoms with Gasteiger partial charge in [0.05, 0.1) is 40.4 Å². The molecule has 1 fully saturated rings. The zero-order valence-electron chi connectivity index (χ0n) is 25.3. The summed E-state index contributed by atoms with van der Waals surface area (Å²) in [7, 11) is 5.46. The molecule has 11 nitrogen and oxygen atoms in total. The summed E-state index contributed by atoms with van der Waals surface area (Å²) >= 11 is 13.9. The second kappa shape index (κ2) is 13.1. The summed E-state index contributed by atoms with van der Waals surface area (Å²) in [6.45, 7) is 2.64. The van der Waals surface area contributed by atoms with Crippen molar-refractivity contribution in [3.63, 3.8) is 0 Å². The molecule has 2 aliphatic heterocycles. The number of hydrogen-bond donors (Lipinski definition) is 3. The van der Waals surface area contributed by atoms with Gasteiger partial charge in [-0.25, -0.2) is 9.97 Å². The molecule has 0 bridgehead atoms. The molecule has 4 aromatic rings. The highest BCUT2D eigenvalue weighted by molar-refractivity contribution is 6.39. The first-order chi connectivity index (χ1) is 21.7. The zero-order valence-corrected chi connectivity index (χ0v) is 26.8. The van der Waals surface area contributed by atoms with E-state index in [1.807, 2.05) is 49.0 Å². The van der Waals surface area contributed by atoms with E-state index < -0.39 is 0 Å². The number of halogens is 2. The number of nitrogens with zero attached hydrogens (tertiary/aromatic N) is 5. The van der Waals surface area contributed by atoms with E-state index in [1.54, 1.807) is 19.4 Å². The summed E-state index contributed by atoms with van der Waals surface area (Å²) in [5, 5.41) is 10.0. The van der Waals surface area contributed by atoms with Crippen molar-refractivity contribution >= 4 is 40.7 Å². The molecule has 2 aromatic carbocycles. The number of carbonyl (C=O) groups excluding carboxylic acids is 2. The largest absolute Gasteiger partial charge is 0.480 e. The molecule has 6 rings (SSSR count). The first-order valence-corrected chi connectivity index (χ1v) is 15.5. The molecule has 0 aliphatic carbocycles. The van der Waals surface area contributed by atoms with Gasteiger partial charge in [-0.15, -0.1) is 0 Å². The molecule has 45 heavy (non-hydrogen) atoms. The van der Waals surface area contributed by atoms with Crippen molar-refractivity contribution in [2.45, 2.75) is 38.4 Å². The summed E-state index contributed by atoms with van der Waals surface area (Å²) in [5.41, 5.74) is 5.62. The number of ether oxygens (including phenoxy) is 1. The first kappa shape index (κ1) is 31.0. The van der Waals surface area contributed by atoms with Gasteiger partial charge in [0.25, 0.3) is 5.91 Å². The van der Waals surface area contributed by atoms with Crippen molar-refractivity contribution in [2.75, 3.05) is 32.6 Å². The summed E-state index contributed by atoms with van der Waals surface area (Å²) in [6.07, 6.45) is 3.76. The van der Waals surface area contributed by atoms with E-state index in [0.717, 1.165) is 30.8 Å². The van der Waals surface area contributed by atoms with Gasteiger partial charge in [0.15, 0.2) is 5.82 Å². The number of fused-ring (bicyclic) bond motifs is 1. The number of carbonyl (C=O) groups is 2. The molecule has 1 atom stereocenters. The molecule has 2 aliphatic rings. The minimum Gasteiger partial charge on any atom is -0.480 e. The molecule has 0 saturated carbocycles. The van der Waals surface area contributed by atoms with E-state index in [0.29, 0.717) is 81.6 Å². The van der Waals surface area contributed by atoms with E-state index in [9.17, 15) is 9.59 Å². The SMILES string of the molecule is COc1nc(-c2cccc(-c3cccc(NC(=O)c4nc5c(n4C)CCN(C)C5)c3Cl)c2Cl)cnc1CNC1CCC(=O)NC1. The Hall–Kier alpha value is -4.03. The van der Waals surface area contributed by atoms with Crippen LogP contribution in [-0.2, 0) is 31.4 Å². The second-order valence-electron chi connectivity index (χ2n) is 11.3. The van der Waals surface area contributed by atoms with Gasteiger partial charge in [0, 0.05) is 74.5 Å².